The lowest BCUT2D eigenvalue weighted by atomic mass is 9.96. The minimum atomic E-state index is -0.00925. The number of benzene rings is 1. The fraction of sp³-hybridized carbons (Fsp3) is 0.292. The summed E-state index contributed by atoms with van der Waals surface area (Å²) in [5, 5.41) is 4.39. The summed E-state index contributed by atoms with van der Waals surface area (Å²) in [4.78, 5) is 5.88. The van der Waals surface area contributed by atoms with Gasteiger partial charge in [0, 0.05) is 12.0 Å². The lowest BCUT2D eigenvalue weighted by Gasteiger charge is -2.11. The summed E-state index contributed by atoms with van der Waals surface area (Å²) < 4.78 is 0. The van der Waals surface area contributed by atoms with Crippen LogP contribution in [-0.2, 0) is 4.84 Å². The molecule has 2 nitrogen and oxygen atoms in total. The zero-order valence-corrected chi connectivity index (χ0v) is 15.9. The average Bonchev–Trinajstić information content (AvgIpc) is 3.19. The first-order valence-electron chi connectivity index (χ1n) is 9.36. The molecule has 1 aliphatic heterocycles. The van der Waals surface area contributed by atoms with Crippen molar-refractivity contribution in [3.05, 3.63) is 82.4 Å². The Labute approximate surface area is 155 Å². The lowest BCUT2D eigenvalue weighted by Crippen LogP contribution is -2.01. The number of rotatable bonds is 3. The van der Waals surface area contributed by atoms with Gasteiger partial charge in [0.1, 0.15) is 0 Å². The van der Waals surface area contributed by atoms with Crippen molar-refractivity contribution >= 4 is 5.71 Å². The van der Waals surface area contributed by atoms with Gasteiger partial charge in [-0.25, -0.2) is 0 Å². The summed E-state index contributed by atoms with van der Waals surface area (Å²) in [5.41, 5.74) is 10.1. The Balaban J connectivity index is 1.72. The Hall–Kier alpha value is -2.61. The predicted octanol–water partition coefficient (Wildman–Crippen LogP) is 6.40. The third kappa shape index (κ3) is 2.90. The first-order valence-corrected chi connectivity index (χ1v) is 9.36. The van der Waals surface area contributed by atoms with E-state index in [0.717, 1.165) is 17.7 Å². The third-order valence-corrected chi connectivity index (χ3v) is 5.38. The summed E-state index contributed by atoms with van der Waals surface area (Å²) >= 11 is 0. The molecule has 0 radical (unpaired) electrons. The Morgan fingerprint density at radius 1 is 0.962 bits per heavy atom. The maximum absolute atomic E-state index is 5.88. The molecule has 1 aromatic carbocycles. The van der Waals surface area contributed by atoms with Gasteiger partial charge in [0.25, 0.3) is 0 Å². The molecule has 132 valence electrons. The van der Waals surface area contributed by atoms with Crippen LogP contribution in [0.5, 0.6) is 0 Å². The molecule has 1 atom stereocenters. The van der Waals surface area contributed by atoms with Crippen molar-refractivity contribution in [3.63, 3.8) is 0 Å². The van der Waals surface area contributed by atoms with Gasteiger partial charge in [-0.05, 0) is 53.1 Å². The van der Waals surface area contributed by atoms with E-state index in [1.54, 1.807) is 0 Å². The standard InChI is InChI=1S/C24H25NO/c1-15(2)19-11-10-16(3)24-20(13-19)17(4)12-21(24)23-14-22(25-26-23)18-8-6-5-7-9-18/h5-13,15,23H,14H2,1-4H3. The highest BCUT2D eigenvalue weighted by Gasteiger charge is 2.29. The van der Waals surface area contributed by atoms with Crippen LogP contribution < -0.4 is 0 Å². The van der Waals surface area contributed by atoms with Crippen LogP contribution in [0.3, 0.4) is 0 Å². The number of nitrogens with zero attached hydrogens (tertiary/aromatic N) is 1. The largest absolute Gasteiger partial charge is 0.387 e. The molecular formula is C24H25NO. The summed E-state index contributed by atoms with van der Waals surface area (Å²) in [6, 6.07) is 19.4. The van der Waals surface area contributed by atoms with Crippen molar-refractivity contribution in [1.82, 2.24) is 0 Å². The first kappa shape index (κ1) is 16.8. The Morgan fingerprint density at radius 2 is 1.73 bits per heavy atom. The zero-order chi connectivity index (χ0) is 18.3. The molecule has 0 saturated heterocycles. The van der Waals surface area contributed by atoms with Gasteiger partial charge in [0.15, 0.2) is 6.10 Å². The topological polar surface area (TPSA) is 21.6 Å². The second kappa shape index (κ2) is 6.60. The van der Waals surface area contributed by atoms with Crippen LogP contribution in [0.1, 0.15) is 60.1 Å². The first-order chi connectivity index (χ1) is 12.5. The molecule has 3 aliphatic rings. The molecule has 0 N–H and O–H groups in total. The van der Waals surface area contributed by atoms with E-state index >= 15 is 0 Å². The molecule has 0 bridgehead atoms. The van der Waals surface area contributed by atoms with Crippen LogP contribution in [0.25, 0.3) is 11.1 Å². The van der Waals surface area contributed by atoms with E-state index in [-0.39, 0.29) is 6.10 Å². The van der Waals surface area contributed by atoms with Crippen molar-refractivity contribution < 1.29 is 4.84 Å². The molecule has 0 saturated carbocycles. The van der Waals surface area contributed by atoms with E-state index in [2.05, 4.69) is 69.2 Å². The highest BCUT2D eigenvalue weighted by molar-refractivity contribution is 6.01. The SMILES string of the molecule is Cc1cc(C2CC(c3ccccc3)=NO2)c2c(C)ccc(C(C)C)cc1-2. The Bertz CT molecular complexity index is 940. The van der Waals surface area contributed by atoms with Gasteiger partial charge in [-0.3, -0.25) is 0 Å². The highest BCUT2D eigenvalue weighted by Crippen LogP contribution is 2.42. The van der Waals surface area contributed by atoms with E-state index in [4.69, 9.17) is 4.84 Å². The Morgan fingerprint density at radius 3 is 2.46 bits per heavy atom. The molecular weight excluding hydrogens is 318 g/mol. The molecule has 0 aromatic heterocycles. The lowest BCUT2D eigenvalue weighted by molar-refractivity contribution is 0.0863. The Kier molecular flexibility index (Phi) is 4.28. The maximum Gasteiger partial charge on any atom is 0.158 e. The van der Waals surface area contributed by atoms with Crippen molar-refractivity contribution in [2.75, 3.05) is 0 Å². The molecule has 26 heavy (non-hydrogen) atoms. The second-order valence-corrected chi connectivity index (χ2v) is 7.59. The van der Waals surface area contributed by atoms with E-state index < -0.39 is 0 Å². The van der Waals surface area contributed by atoms with Gasteiger partial charge >= 0.3 is 0 Å². The highest BCUT2D eigenvalue weighted by atomic mass is 16.6. The van der Waals surface area contributed by atoms with Gasteiger partial charge in [0.2, 0.25) is 0 Å². The fourth-order valence-corrected chi connectivity index (χ4v) is 3.84. The van der Waals surface area contributed by atoms with Gasteiger partial charge in [-0.2, -0.15) is 0 Å². The number of aryl methyl sites for hydroxylation is 2. The minimum Gasteiger partial charge on any atom is -0.387 e. The van der Waals surface area contributed by atoms with Crippen molar-refractivity contribution in [2.24, 2.45) is 5.16 Å². The van der Waals surface area contributed by atoms with Gasteiger partial charge in [-0.15, -0.1) is 0 Å². The molecule has 2 heteroatoms. The summed E-state index contributed by atoms with van der Waals surface area (Å²) in [7, 11) is 0. The van der Waals surface area contributed by atoms with Gasteiger partial charge in [-0.1, -0.05) is 73.6 Å². The third-order valence-electron chi connectivity index (χ3n) is 5.38. The number of hydrogen-bond acceptors (Lipinski definition) is 2. The van der Waals surface area contributed by atoms with Crippen LogP contribution in [-0.4, -0.2) is 5.71 Å². The molecule has 4 rings (SSSR count). The quantitative estimate of drug-likeness (QED) is 0.539. The van der Waals surface area contributed by atoms with Crippen molar-refractivity contribution in [3.8, 4) is 11.1 Å². The van der Waals surface area contributed by atoms with Crippen LogP contribution in [0.2, 0.25) is 0 Å². The van der Waals surface area contributed by atoms with Gasteiger partial charge in [0.05, 0.1) is 5.71 Å². The summed E-state index contributed by atoms with van der Waals surface area (Å²) in [6.07, 6.45) is 0.808. The molecule has 2 aliphatic carbocycles. The van der Waals surface area contributed by atoms with Crippen LogP contribution in [0, 0.1) is 13.8 Å². The van der Waals surface area contributed by atoms with E-state index in [9.17, 15) is 0 Å². The zero-order valence-electron chi connectivity index (χ0n) is 15.9. The summed E-state index contributed by atoms with van der Waals surface area (Å²) in [6.45, 7) is 8.89. The van der Waals surface area contributed by atoms with Crippen LogP contribution in [0.15, 0.2) is 59.8 Å². The van der Waals surface area contributed by atoms with E-state index in [0.29, 0.717) is 5.92 Å². The van der Waals surface area contributed by atoms with E-state index in [1.165, 1.54) is 33.4 Å². The molecule has 1 unspecified atom stereocenters. The molecule has 0 spiro atoms. The average molecular weight is 343 g/mol. The number of oxime groups is 1. The van der Waals surface area contributed by atoms with Crippen LogP contribution in [0.4, 0.5) is 0 Å². The van der Waals surface area contributed by atoms with Crippen LogP contribution >= 0.6 is 0 Å². The molecule has 0 fully saturated rings. The summed E-state index contributed by atoms with van der Waals surface area (Å²) in [5.74, 6) is 0.512. The molecule has 1 heterocycles. The smallest absolute Gasteiger partial charge is 0.158 e. The fourth-order valence-electron chi connectivity index (χ4n) is 3.84. The normalized spacial score (nSPS) is 16.8. The predicted molar refractivity (Wildman–Crippen MR) is 108 cm³/mol. The van der Waals surface area contributed by atoms with Crippen molar-refractivity contribution in [2.45, 2.75) is 46.1 Å². The maximum atomic E-state index is 5.88. The second-order valence-electron chi connectivity index (χ2n) is 7.59. The van der Waals surface area contributed by atoms with Crippen molar-refractivity contribution in [1.29, 1.82) is 0 Å². The van der Waals surface area contributed by atoms with E-state index in [1.807, 2.05) is 18.2 Å². The minimum absolute atomic E-state index is 0.00925. The van der Waals surface area contributed by atoms with Gasteiger partial charge < -0.3 is 4.84 Å². The monoisotopic (exact) mass is 343 g/mol. The number of fused-ring (bicyclic) bond motifs is 1. The molecule has 1 aromatic rings. The molecule has 0 amide bonds. The number of hydrogen-bond donors (Lipinski definition) is 0.